The fourth-order valence-corrected chi connectivity index (χ4v) is 5.45. The number of ether oxygens (including phenoxy) is 2. The van der Waals surface area contributed by atoms with Crippen LogP contribution in [-0.4, -0.2) is 55.5 Å². The molecule has 2 aromatic rings. The molecule has 2 fully saturated rings. The third-order valence-electron chi connectivity index (χ3n) is 4.94. The van der Waals surface area contributed by atoms with Gasteiger partial charge in [0.25, 0.3) is 17.7 Å². The Hall–Kier alpha value is -2.19. The Bertz CT molecular complexity index is 1060. The first-order chi connectivity index (χ1) is 15.4. The Balaban J connectivity index is 1.49. The van der Waals surface area contributed by atoms with Crippen molar-refractivity contribution in [3.05, 3.63) is 60.7 Å². The average molecular weight is 659 g/mol. The van der Waals surface area contributed by atoms with Gasteiger partial charge in [0.1, 0.15) is 11.3 Å². The number of amides is 3. The summed E-state index contributed by atoms with van der Waals surface area (Å²) in [5.41, 5.74) is 3.93. The van der Waals surface area contributed by atoms with Crippen LogP contribution >= 0.6 is 45.2 Å². The van der Waals surface area contributed by atoms with Crippen molar-refractivity contribution >= 4 is 74.7 Å². The Labute approximate surface area is 212 Å². The molecule has 10 heteroatoms. The van der Waals surface area contributed by atoms with Gasteiger partial charge in [-0.1, -0.05) is 18.2 Å². The molecule has 0 radical (unpaired) electrons. The van der Waals surface area contributed by atoms with E-state index in [2.05, 4.69) is 50.6 Å². The molecule has 0 saturated carbocycles. The Kier molecular flexibility index (Phi) is 7.30. The maximum atomic E-state index is 12.8. The van der Waals surface area contributed by atoms with E-state index in [0.717, 1.165) is 7.14 Å². The first kappa shape index (κ1) is 23.0. The van der Waals surface area contributed by atoms with Gasteiger partial charge in [0.15, 0.2) is 6.61 Å². The quantitative estimate of drug-likeness (QED) is 0.303. The minimum Gasteiger partial charge on any atom is -0.482 e. The molecule has 2 aromatic carbocycles. The van der Waals surface area contributed by atoms with E-state index in [1.807, 2.05) is 18.2 Å². The Morgan fingerprint density at radius 2 is 1.75 bits per heavy atom. The number of rotatable bonds is 5. The number of hydrogen-bond acceptors (Lipinski definition) is 5. The van der Waals surface area contributed by atoms with E-state index in [4.69, 9.17) is 9.47 Å². The van der Waals surface area contributed by atoms with Crippen LogP contribution in [0.15, 0.2) is 48.0 Å². The molecule has 2 aliphatic rings. The highest BCUT2D eigenvalue weighted by Gasteiger charge is 2.34. The molecule has 3 amide bonds. The zero-order chi connectivity index (χ0) is 22.7. The second kappa shape index (κ2) is 10.2. The van der Waals surface area contributed by atoms with Gasteiger partial charge in [-0.3, -0.25) is 19.8 Å². The summed E-state index contributed by atoms with van der Waals surface area (Å²) in [6.45, 7) is 2.16. The van der Waals surface area contributed by atoms with Crippen LogP contribution in [0.2, 0.25) is 0 Å². The van der Waals surface area contributed by atoms with Crippen molar-refractivity contribution in [1.29, 1.82) is 0 Å². The molecular weight excluding hydrogens is 640 g/mol. The van der Waals surface area contributed by atoms with E-state index in [1.165, 1.54) is 5.01 Å². The van der Waals surface area contributed by atoms with Crippen molar-refractivity contribution in [2.75, 3.05) is 37.9 Å². The van der Waals surface area contributed by atoms with Gasteiger partial charge in [-0.2, -0.15) is 0 Å². The summed E-state index contributed by atoms with van der Waals surface area (Å²) < 4.78 is 12.6. The standard InChI is InChI=1S/C22H19I2N3O5/c23-17-11-14(10-16-21(29)25-27(22(16)30)15-4-2-1-3-5-15)12-18(24)20(17)32-13-19(28)26-6-8-31-9-7-26/h1-5,10-12H,6-9,13H2,(H,25,29)/b16-10-. The van der Waals surface area contributed by atoms with Gasteiger partial charge in [0, 0.05) is 13.1 Å². The van der Waals surface area contributed by atoms with Crippen molar-refractivity contribution in [2.24, 2.45) is 0 Å². The van der Waals surface area contributed by atoms with Crippen LogP contribution in [0.1, 0.15) is 5.56 Å². The number of anilines is 1. The third kappa shape index (κ3) is 5.07. The molecule has 0 bridgehead atoms. The first-order valence-electron chi connectivity index (χ1n) is 9.83. The smallest absolute Gasteiger partial charge is 0.282 e. The molecule has 0 aromatic heterocycles. The number of carbonyl (C=O) groups excluding carboxylic acids is 3. The summed E-state index contributed by atoms with van der Waals surface area (Å²) in [7, 11) is 0. The fourth-order valence-electron chi connectivity index (χ4n) is 3.32. The Morgan fingerprint density at radius 1 is 1.09 bits per heavy atom. The van der Waals surface area contributed by atoms with E-state index in [-0.39, 0.29) is 18.1 Å². The summed E-state index contributed by atoms with van der Waals surface area (Å²) in [4.78, 5) is 39.3. The molecule has 0 unspecified atom stereocenters. The zero-order valence-corrected chi connectivity index (χ0v) is 21.2. The number of morpholine rings is 1. The molecule has 32 heavy (non-hydrogen) atoms. The molecule has 0 spiro atoms. The van der Waals surface area contributed by atoms with Gasteiger partial charge >= 0.3 is 0 Å². The van der Waals surface area contributed by atoms with Crippen LogP contribution in [0, 0.1) is 7.14 Å². The third-order valence-corrected chi connectivity index (χ3v) is 6.54. The molecule has 2 saturated heterocycles. The molecule has 1 N–H and O–H groups in total. The van der Waals surface area contributed by atoms with Crippen molar-refractivity contribution < 1.29 is 23.9 Å². The van der Waals surface area contributed by atoms with Gasteiger partial charge in [-0.15, -0.1) is 0 Å². The number of hydrogen-bond donors (Lipinski definition) is 1. The molecule has 8 nitrogen and oxygen atoms in total. The van der Waals surface area contributed by atoms with E-state index < -0.39 is 11.8 Å². The average Bonchev–Trinajstić information content (AvgIpc) is 3.08. The predicted molar refractivity (Wildman–Crippen MR) is 135 cm³/mol. The maximum Gasteiger partial charge on any atom is 0.282 e. The minimum atomic E-state index is -0.458. The molecule has 2 heterocycles. The molecule has 166 valence electrons. The highest BCUT2D eigenvalue weighted by atomic mass is 127. The summed E-state index contributed by atoms with van der Waals surface area (Å²) >= 11 is 4.25. The SMILES string of the molecule is O=C1NN(c2ccccc2)C(=O)/C1=C\c1cc(I)c(OCC(=O)N2CCOCC2)c(I)c1. The highest BCUT2D eigenvalue weighted by molar-refractivity contribution is 14.1. The van der Waals surface area contributed by atoms with Crippen LogP contribution in [-0.2, 0) is 19.1 Å². The molecule has 0 aliphatic carbocycles. The highest BCUT2D eigenvalue weighted by Crippen LogP contribution is 2.30. The number of nitrogens with one attached hydrogen (secondary N) is 1. The topological polar surface area (TPSA) is 88.2 Å². The monoisotopic (exact) mass is 659 g/mol. The first-order valence-corrected chi connectivity index (χ1v) is 12.0. The summed E-state index contributed by atoms with van der Waals surface area (Å²) in [6.07, 6.45) is 1.56. The lowest BCUT2D eigenvalue weighted by Crippen LogP contribution is -2.43. The molecule has 4 rings (SSSR count). The van der Waals surface area contributed by atoms with Crippen LogP contribution in [0.5, 0.6) is 5.75 Å². The zero-order valence-electron chi connectivity index (χ0n) is 16.8. The van der Waals surface area contributed by atoms with Gasteiger partial charge in [-0.05, 0) is 81.1 Å². The number of halogens is 2. The minimum absolute atomic E-state index is 0.0524. The lowest BCUT2D eigenvalue weighted by Gasteiger charge is -2.26. The van der Waals surface area contributed by atoms with Gasteiger partial charge in [-0.25, -0.2) is 5.01 Å². The molecule has 2 aliphatic heterocycles. The lowest BCUT2D eigenvalue weighted by molar-refractivity contribution is -0.137. The van der Waals surface area contributed by atoms with Crippen LogP contribution < -0.4 is 15.2 Å². The number of para-hydroxylation sites is 1. The molecule has 0 atom stereocenters. The molecular formula is C22H19I2N3O5. The van der Waals surface area contributed by atoms with Crippen molar-refractivity contribution in [2.45, 2.75) is 0 Å². The van der Waals surface area contributed by atoms with Crippen molar-refractivity contribution in [3.8, 4) is 5.75 Å². The summed E-state index contributed by atoms with van der Waals surface area (Å²) in [6, 6.07) is 12.6. The lowest BCUT2D eigenvalue weighted by atomic mass is 10.1. The van der Waals surface area contributed by atoms with Crippen molar-refractivity contribution in [1.82, 2.24) is 10.3 Å². The Morgan fingerprint density at radius 3 is 2.41 bits per heavy atom. The van der Waals surface area contributed by atoms with E-state index in [1.54, 1.807) is 35.2 Å². The second-order valence-electron chi connectivity index (χ2n) is 7.07. The summed E-state index contributed by atoms with van der Waals surface area (Å²) in [5.74, 6) is -0.355. The summed E-state index contributed by atoms with van der Waals surface area (Å²) in [5, 5.41) is 1.23. The number of benzene rings is 2. The van der Waals surface area contributed by atoms with Crippen LogP contribution in [0.3, 0.4) is 0 Å². The predicted octanol–water partition coefficient (Wildman–Crippen LogP) is 2.59. The normalized spacial score (nSPS) is 17.6. The van der Waals surface area contributed by atoms with Gasteiger partial charge in [0.2, 0.25) is 0 Å². The van der Waals surface area contributed by atoms with Crippen LogP contribution in [0.4, 0.5) is 5.69 Å². The number of carbonyl (C=O) groups is 3. The number of hydrazine groups is 1. The van der Waals surface area contributed by atoms with Gasteiger partial charge < -0.3 is 14.4 Å². The van der Waals surface area contributed by atoms with E-state index in [0.29, 0.717) is 43.3 Å². The second-order valence-corrected chi connectivity index (χ2v) is 9.39. The van der Waals surface area contributed by atoms with Crippen LogP contribution in [0.25, 0.3) is 6.08 Å². The van der Waals surface area contributed by atoms with E-state index in [9.17, 15) is 14.4 Å². The largest absolute Gasteiger partial charge is 0.482 e. The fraction of sp³-hybridized carbons (Fsp3) is 0.227. The van der Waals surface area contributed by atoms with E-state index >= 15 is 0 Å². The van der Waals surface area contributed by atoms with Gasteiger partial charge in [0.05, 0.1) is 26.0 Å². The maximum absolute atomic E-state index is 12.8. The van der Waals surface area contributed by atoms with Crippen molar-refractivity contribution in [3.63, 3.8) is 0 Å². The number of nitrogens with zero attached hydrogens (tertiary/aromatic N) is 2.